The summed E-state index contributed by atoms with van der Waals surface area (Å²) in [7, 11) is 3.07. The fourth-order valence-corrected chi connectivity index (χ4v) is 1.75. The van der Waals surface area contributed by atoms with Gasteiger partial charge in [-0.2, -0.15) is 0 Å². The van der Waals surface area contributed by atoms with Gasteiger partial charge in [-0.25, -0.2) is 0 Å². The summed E-state index contributed by atoms with van der Waals surface area (Å²) in [5.41, 5.74) is 1.07. The van der Waals surface area contributed by atoms with Crippen LogP contribution in [0, 0.1) is 0 Å². The lowest BCUT2D eigenvalue weighted by atomic mass is 10.1. The Morgan fingerprint density at radius 1 is 1.24 bits per heavy atom. The van der Waals surface area contributed by atoms with E-state index in [9.17, 15) is 4.79 Å². The predicted octanol–water partition coefficient (Wildman–Crippen LogP) is 2.37. The lowest BCUT2D eigenvalue weighted by Crippen LogP contribution is -2.09. The Hall–Kier alpha value is -1.97. The van der Waals surface area contributed by atoms with E-state index in [1.165, 1.54) is 13.4 Å². The molecule has 90 valence electrons. The van der Waals surface area contributed by atoms with Crippen LogP contribution >= 0.6 is 0 Å². The van der Waals surface area contributed by atoms with Crippen molar-refractivity contribution in [1.82, 2.24) is 0 Å². The molecule has 0 amide bonds. The summed E-state index contributed by atoms with van der Waals surface area (Å²) in [4.78, 5) is 12.2. The van der Waals surface area contributed by atoms with Crippen molar-refractivity contribution in [2.75, 3.05) is 14.2 Å². The normalized spacial score (nSPS) is 10.5. The zero-order valence-electron chi connectivity index (χ0n) is 10.1. The Balaban J connectivity index is 2.85. The van der Waals surface area contributed by atoms with Crippen molar-refractivity contribution in [2.45, 2.75) is 13.3 Å². The van der Waals surface area contributed by atoms with Gasteiger partial charge < -0.3 is 13.9 Å². The Morgan fingerprint density at radius 3 is 2.59 bits per heavy atom. The number of aryl methyl sites for hydroxylation is 1. The molecule has 17 heavy (non-hydrogen) atoms. The molecule has 1 aromatic heterocycles. The minimum Gasteiger partial charge on any atom is -0.496 e. The van der Waals surface area contributed by atoms with Gasteiger partial charge in [-0.15, -0.1) is 0 Å². The maximum atomic E-state index is 12.2. The summed E-state index contributed by atoms with van der Waals surface area (Å²) >= 11 is 0. The molecule has 0 aliphatic rings. The molecule has 4 heteroatoms. The number of methoxy groups -OCH3 is 2. The molecule has 2 rings (SSSR count). The van der Waals surface area contributed by atoms with Crippen molar-refractivity contribution in [2.24, 2.45) is 0 Å². The van der Waals surface area contributed by atoms with Crippen molar-refractivity contribution in [3.63, 3.8) is 0 Å². The second-order valence-electron chi connectivity index (χ2n) is 3.65. The van der Waals surface area contributed by atoms with Crippen LogP contribution in [0.4, 0.5) is 0 Å². The highest BCUT2D eigenvalue weighted by Crippen LogP contribution is 2.29. The maximum absolute atomic E-state index is 12.2. The summed E-state index contributed by atoms with van der Waals surface area (Å²) in [6.45, 7) is 1.91. The van der Waals surface area contributed by atoms with Crippen molar-refractivity contribution in [1.29, 1.82) is 0 Å². The van der Waals surface area contributed by atoms with Gasteiger partial charge in [0.25, 0.3) is 0 Å². The maximum Gasteiger partial charge on any atom is 0.199 e. The molecule has 0 N–H and O–H groups in total. The molecule has 1 aromatic carbocycles. The molecular formula is C13H14O4. The number of hydrogen-bond donors (Lipinski definition) is 0. The van der Waals surface area contributed by atoms with Crippen LogP contribution in [0.3, 0.4) is 0 Å². The third-order valence-electron chi connectivity index (χ3n) is 2.72. The molecule has 4 nitrogen and oxygen atoms in total. The minimum absolute atomic E-state index is 0.0479. The topological polar surface area (TPSA) is 48.7 Å². The van der Waals surface area contributed by atoms with Crippen LogP contribution in [-0.4, -0.2) is 14.2 Å². The van der Waals surface area contributed by atoms with Crippen LogP contribution in [-0.2, 0) is 6.42 Å². The Labute approximate surface area is 98.8 Å². The highest BCUT2D eigenvalue weighted by molar-refractivity contribution is 5.85. The van der Waals surface area contributed by atoms with Crippen molar-refractivity contribution < 1.29 is 13.9 Å². The van der Waals surface area contributed by atoms with Crippen molar-refractivity contribution in [3.05, 3.63) is 34.2 Å². The second-order valence-corrected chi connectivity index (χ2v) is 3.65. The molecule has 0 saturated heterocycles. The molecule has 0 bridgehead atoms. The molecule has 0 fully saturated rings. The van der Waals surface area contributed by atoms with Gasteiger partial charge in [-0.3, -0.25) is 4.79 Å². The SMILES string of the molecule is CCc1coc2cc(OC)cc(OC)c2c1=O. The van der Waals surface area contributed by atoms with Crippen LogP contribution in [0.1, 0.15) is 12.5 Å². The fourth-order valence-electron chi connectivity index (χ4n) is 1.75. The van der Waals surface area contributed by atoms with Gasteiger partial charge in [-0.05, 0) is 6.42 Å². The van der Waals surface area contributed by atoms with Crippen molar-refractivity contribution >= 4 is 11.0 Å². The van der Waals surface area contributed by atoms with Gasteiger partial charge in [0.1, 0.15) is 22.5 Å². The number of fused-ring (bicyclic) bond motifs is 1. The van der Waals surface area contributed by atoms with Crippen LogP contribution in [0.2, 0.25) is 0 Å². The highest BCUT2D eigenvalue weighted by Gasteiger charge is 2.12. The molecule has 0 atom stereocenters. The summed E-state index contributed by atoms with van der Waals surface area (Å²) in [5, 5.41) is 0.465. The van der Waals surface area contributed by atoms with Crippen molar-refractivity contribution in [3.8, 4) is 11.5 Å². The van der Waals surface area contributed by atoms with E-state index < -0.39 is 0 Å². The van der Waals surface area contributed by atoms with E-state index in [0.29, 0.717) is 34.5 Å². The van der Waals surface area contributed by atoms with Gasteiger partial charge in [0.2, 0.25) is 0 Å². The largest absolute Gasteiger partial charge is 0.496 e. The highest BCUT2D eigenvalue weighted by atomic mass is 16.5. The first kappa shape index (κ1) is 11.5. The number of ether oxygens (including phenoxy) is 2. The van der Waals surface area contributed by atoms with E-state index in [2.05, 4.69) is 0 Å². The first-order chi connectivity index (χ1) is 8.21. The van der Waals surface area contributed by atoms with E-state index in [4.69, 9.17) is 13.9 Å². The Morgan fingerprint density at radius 2 is 2.00 bits per heavy atom. The zero-order chi connectivity index (χ0) is 12.4. The summed E-state index contributed by atoms with van der Waals surface area (Å²) in [6, 6.07) is 3.36. The van der Waals surface area contributed by atoms with E-state index in [1.54, 1.807) is 19.2 Å². The second kappa shape index (κ2) is 4.49. The standard InChI is InChI=1S/C13H14O4/c1-4-8-7-17-11-6-9(15-2)5-10(16-3)12(11)13(8)14/h5-7H,4H2,1-3H3. The first-order valence-electron chi connectivity index (χ1n) is 5.37. The van der Waals surface area contributed by atoms with Crippen LogP contribution in [0.15, 0.2) is 27.6 Å². The minimum atomic E-state index is -0.0479. The lowest BCUT2D eigenvalue weighted by Gasteiger charge is -2.08. The van der Waals surface area contributed by atoms with Gasteiger partial charge in [0, 0.05) is 17.7 Å². The molecule has 0 unspecified atom stereocenters. The first-order valence-corrected chi connectivity index (χ1v) is 5.37. The molecule has 2 aromatic rings. The summed E-state index contributed by atoms with van der Waals surface area (Å²) < 4.78 is 15.8. The molecule has 0 aliphatic heterocycles. The monoisotopic (exact) mass is 234 g/mol. The van der Waals surface area contributed by atoms with Gasteiger partial charge in [0.15, 0.2) is 5.43 Å². The average molecular weight is 234 g/mol. The van der Waals surface area contributed by atoms with E-state index in [1.807, 2.05) is 6.92 Å². The predicted molar refractivity (Wildman–Crippen MR) is 65.0 cm³/mol. The number of rotatable bonds is 3. The average Bonchev–Trinajstić information content (AvgIpc) is 2.37. The lowest BCUT2D eigenvalue weighted by molar-refractivity contribution is 0.396. The number of hydrogen-bond acceptors (Lipinski definition) is 4. The Kier molecular flexibility index (Phi) is 3.04. The van der Waals surface area contributed by atoms with E-state index in [0.717, 1.165) is 0 Å². The van der Waals surface area contributed by atoms with Gasteiger partial charge in [0.05, 0.1) is 20.5 Å². The summed E-state index contributed by atoms with van der Waals surface area (Å²) in [6.07, 6.45) is 2.12. The Bertz CT molecular complexity index is 598. The van der Waals surface area contributed by atoms with Crippen LogP contribution in [0.25, 0.3) is 11.0 Å². The zero-order valence-corrected chi connectivity index (χ0v) is 10.1. The fraction of sp³-hybridized carbons (Fsp3) is 0.308. The van der Waals surface area contributed by atoms with Gasteiger partial charge >= 0.3 is 0 Å². The molecular weight excluding hydrogens is 220 g/mol. The molecule has 0 radical (unpaired) electrons. The number of benzene rings is 1. The quantitative estimate of drug-likeness (QED) is 0.818. The molecule has 0 aliphatic carbocycles. The molecule has 0 saturated carbocycles. The van der Waals surface area contributed by atoms with Crippen LogP contribution < -0.4 is 14.9 Å². The molecule has 0 spiro atoms. The summed E-state index contributed by atoms with van der Waals surface area (Å²) in [5.74, 6) is 1.07. The van der Waals surface area contributed by atoms with Gasteiger partial charge in [-0.1, -0.05) is 6.92 Å². The van der Waals surface area contributed by atoms with E-state index >= 15 is 0 Å². The molecule has 1 heterocycles. The van der Waals surface area contributed by atoms with Crippen LogP contribution in [0.5, 0.6) is 11.5 Å². The van der Waals surface area contributed by atoms with E-state index in [-0.39, 0.29) is 5.43 Å². The smallest absolute Gasteiger partial charge is 0.199 e. The third kappa shape index (κ3) is 1.86. The third-order valence-corrected chi connectivity index (χ3v) is 2.72.